The molecule has 1 saturated carbocycles. The number of methoxy groups -OCH3 is 2. The minimum Gasteiger partial charge on any atom is -0.497 e. The van der Waals surface area contributed by atoms with Crippen LogP contribution in [0.5, 0.6) is 5.75 Å². The van der Waals surface area contributed by atoms with Crippen LogP contribution >= 0.6 is 0 Å². The van der Waals surface area contributed by atoms with Crippen LogP contribution in [-0.4, -0.2) is 26.4 Å². The van der Waals surface area contributed by atoms with Crippen molar-refractivity contribution >= 4 is 0 Å². The standard InChI is InChI=1S/C15H23NO2/c1-4-16-14(15(18-3)9-6-10-15)12-7-5-8-13(11-12)17-2/h5,7-8,11,14,16H,4,6,9-10H2,1-3H3. The number of ether oxygens (including phenoxy) is 2. The lowest BCUT2D eigenvalue weighted by Gasteiger charge is -2.47. The second-order valence-electron chi connectivity index (χ2n) is 4.89. The Labute approximate surface area is 109 Å². The summed E-state index contributed by atoms with van der Waals surface area (Å²) in [5, 5.41) is 3.56. The zero-order chi connectivity index (χ0) is 13.0. The minimum absolute atomic E-state index is 0.0393. The zero-order valence-electron chi connectivity index (χ0n) is 11.5. The van der Waals surface area contributed by atoms with E-state index in [0.717, 1.165) is 25.1 Å². The molecule has 3 heteroatoms. The van der Waals surface area contributed by atoms with Crippen molar-refractivity contribution < 1.29 is 9.47 Å². The molecule has 0 bridgehead atoms. The molecule has 1 unspecified atom stereocenters. The molecule has 18 heavy (non-hydrogen) atoms. The first-order chi connectivity index (χ1) is 8.75. The van der Waals surface area contributed by atoms with E-state index in [4.69, 9.17) is 9.47 Å². The van der Waals surface area contributed by atoms with Gasteiger partial charge in [0.1, 0.15) is 5.75 Å². The van der Waals surface area contributed by atoms with E-state index in [9.17, 15) is 0 Å². The van der Waals surface area contributed by atoms with Gasteiger partial charge in [0.2, 0.25) is 0 Å². The van der Waals surface area contributed by atoms with E-state index >= 15 is 0 Å². The molecule has 0 amide bonds. The van der Waals surface area contributed by atoms with E-state index in [2.05, 4.69) is 24.4 Å². The Hall–Kier alpha value is -1.06. The highest BCUT2D eigenvalue weighted by atomic mass is 16.5. The van der Waals surface area contributed by atoms with Crippen molar-refractivity contribution in [1.82, 2.24) is 5.32 Å². The van der Waals surface area contributed by atoms with E-state index in [-0.39, 0.29) is 11.6 Å². The zero-order valence-corrected chi connectivity index (χ0v) is 11.5. The van der Waals surface area contributed by atoms with Crippen molar-refractivity contribution in [2.24, 2.45) is 0 Å². The molecular formula is C15H23NO2. The van der Waals surface area contributed by atoms with E-state index < -0.39 is 0 Å². The van der Waals surface area contributed by atoms with Gasteiger partial charge < -0.3 is 14.8 Å². The molecule has 0 spiro atoms. The second-order valence-corrected chi connectivity index (χ2v) is 4.89. The second kappa shape index (κ2) is 5.72. The first-order valence-corrected chi connectivity index (χ1v) is 6.68. The van der Waals surface area contributed by atoms with Gasteiger partial charge in [0, 0.05) is 7.11 Å². The van der Waals surface area contributed by atoms with Gasteiger partial charge in [-0.15, -0.1) is 0 Å². The third kappa shape index (κ3) is 2.38. The van der Waals surface area contributed by atoms with E-state index in [1.54, 1.807) is 7.11 Å². The summed E-state index contributed by atoms with van der Waals surface area (Å²) in [4.78, 5) is 0. The highest BCUT2D eigenvalue weighted by Crippen LogP contribution is 2.45. The monoisotopic (exact) mass is 249 g/mol. The number of nitrogens with one attached hydrogen (secondary N) is 1. The summed E-state index contributed by atoms with van der Waals surface area (Å²) in [6.45, 7) is 3.07. The lowest BCUT2D eigenvalue weighted by atomic mass is 9.72. The Bertz CT molecular complexity index is 382. The molecule has 1 atom stereocenters. The fraction of sp³-hybridized carbons (Fsp3) is 0.600. The summed E-state index contributed by atoms with van der Waals surface area (Å²) < 4.78 is 11.1. The molecule has 0 heterocycles. The molecule has 1 N–H and O–H groups in total. The average Bonchev–Trinajstić information content (AvgIpc) is 2.37. The summed E-state index contributed by atoms with van der Waals surface area (Å²) in [5.41, 5.74) is 1.21. The van der Waals surface area contributed by atoms with Crippen molar-refractivity contribution in [3.05, 3.63) is 29.8 Å². The van der Waals surface area contributed by atoms with Crippen molar-refractivity contribution in [3.63, 3.8) is 0 Å². The smallest absolute Gasteiger partial charge is 0.119 e. The Morgan fingerprint density at radius 1 is 1.33 bits per heavy atom. The van der Waals surface area contributed by atoms with Gasteiger partial charge in [-0.2, -0.15) is 0 Å². The first-order valence-electron chi connectivity index (χ1n) is 6.68. The van der Waals surface area contributed by atoms with Gasteiger partial charge in [0.25, 0.3) is 0 Å². The van der Waals surface area contributed by atoms with Crippen LogP contribution in [-0.2, 0) is 4.74 Å². The molecule has 1 aromatic rings. The molecule has 100 valence electrons. The van der Waals surface area contributed by atoms with Crippen molar-refractivity contribution in [2.75, 3.05) is 20.8 Å². The summed E-state index contributed by atoms with van der Waals surface area (Å²) in [6, 6.07) is 8.52. The molecule has 1 fully saturated rings. The number of rotatable bonds is 6. The van der Waals surface area contributed by atoms with Crippen LogP contribution in [0.25, 0.3) is 0 Å². The molecular weight excluding hydrogens is 226 g/mol. The van der Waals surface area contributed by atoms with Crippen LogP contribution in [0.2, 0.25) is 0 Å². The highest BCUT2D eigenvalue weighted by molar-refractivity contribution is 5.32. The van der Waals surface area contributed by atoms with Crippen LogP contribution in [0, 0.1) is 0 Å². The molecule has 3 nitrogen and oxygen atoms in total. The largest absolute Gasteiger partial charge is 0.497 e. The summed E-state index contributed by atoms with van der Waals surface area (Å²) in [5.74, 6) is 0.904. The molecule has 2 rings (SSSR count). The van der Waals surface area contributed by atoms with Crippen LogP contribution < -0.4 is 10.1 Å². The maximum absolute atomic E-state index is 5.81. The fourth-order valence-electron chi connectivity index (χ4n) is 2.77. The predicted octanol–water partition coefficient (Wildman–Crippen LogP) is 2.91. The van der Waals surface area contributed by atoms with Gasteiger partial charge in [-0.3, -0.25) is 0 Å². The maximum Gasteiger partial charge on any atom is 0.119 e. The van der Waals surface area contributed by atoms with Crippen molar-refractivity contribution in [2.45, 2.75) is 37.8 Å². The van der Waals surface area contributed by atoms with Crippen LogP contribution in [0.4, 0.5) is 0 Å². The van der Waals surface area contributed by atoms with Gasteiger partial charge in [-0.25, -0.2) is 0 Å². The molecule has 0 aliphatic heterocycles. The molecule has 1 aliphatic rings. The van der Waals surface area contributed by atoms with E-state index in [1.165, 1.54) is 12.0 Å². The molecule has 0 aromatic heterocycles. The van der Waals surface area contributed by atoms with Gasteiger partial charge >= 0.3 is 0 Å². The average molecular weight is 249 g/mol. The summed E-state index contributed by atoms with van der Waals surface area (Å²) in [6.07, 6.45) is 3.50. The van der Waals surface area contributed by atoms with Crippen LogP contribution in [0.3, 0.4) is 0 Å². The Morgan fingerprint density at radius 2 is 2.11 bits per heavy atom. The fourth-order valence-corrected chi connectivity index (χ4v) is 2.77. The number of hydrogen-bond acceptors (Lipinski definition) is 3. The highest BCUT2D eigenvalue weighted by Gasteiger charge is 2.44. The van der Waals surface area contributed by atoms with Crippen LogP contribution in [0.15, 0.2) is 24.3 Å². The Morgan fingerprint density at radius 3 is 2.61 bits per heavy atom. The normalized spacial score (nSPS) is 19.1. The van der Waals surface area contributed by atoms with E-state index in [0.29, 0.717) is 0 Å². The number of likely N-dealkylation sites (N-methyl/N-ethyl adjacent to an activating group) is 1. The van der Waals surface area contributed by atoms with Gasteiger partial charge in [0.15, 0.2) is 0 Å². The Balaban J connectivity index is 2.28. The first kappa shape index (κ1) is 13.4. The maximum atomic E-state index is 5.81. The third-order valence-electron chi connectivity index (χ3n) is 3.97. The molecule has 0 saturated heterocycles. The SMILES string of the molecule is CCNC(c1cccc(OC)c1)C1(OC)CCC1. The van der Waals surface area contributed by atoms with Crippen LogP contribution in [0.1, 0.15) is 37.8 Å². The van der Waals surface area contributed by atoms with E-state index in [1.807, 2.05) is 19.2 Å². The number of hydrogen-bond donors (Lipinski definition) is 1. The third-order valence-corrected chi connectivity index (χ3v) is 3.97. The van der Waals surface area contributed by atoms with Gasteiger partial charge in [-0.1, -0.05) is 19.1 Å². The summed E-state index contributed by atoms with van der Waals surface area (Å²) in [7, 11) is 3.53. The Kier molecular flexibility index (Phi) is 4.25. The molecule has 1 aromatic carbocycles. The topological polar surface area (TPSA) is 30.5 Å². The molecule has 0 radical (unpaired) electrons. The van der Waals surface area contributed by atoms with Crippen molar-refractivity contribution in [1.29, 1.82) is 0 Å². The molecule has 1 aliphatic carbocycles. The van der Waals surface area contributed by atoms with Gasteiger partial charge in [0.05, 0.1) is 18.8 Å². The minimum atomic E-state index is -0.0393. The predicted molar refractivity (Wildman–Crippen MR) is 73.0 cm³/mol. The lowest BCUT2D eigenvalue weighted by molar-refractivity contribution is -0.0995. The lowest BCUT2D eigenvalue weighted by Crippen LogP contribution is -2.50. The van der Waals surface area contributed by atoms with Crippen molar-refractivity contribution in [3.8, 4) is 5.75 Å². The quantitative estimate of drug-likeness (QED) is 0.841. The summed E-state index contributed by atoms with van der Waals surface area (Å²) >= 11 is 0. The number of benzene rings is 1. The van der Waals surface area contributed by atoms with Gasteiger partial charge in [-0.05, 0) is 43.5 Å².